The van der Waals surface area contributed by atoms with Gasteiger partial charge in [-0.25, -0.2) is 4.79 Å². The molecule has 1 aromatic rings. The van der Waals surface area contributed by atoms with Gasteiger partial charge in [0.25, 0.3) is 5.91 Å². The number of likely N-dealkylation sites (N-methyl/N-ethyl adjacent to an activating group) is 1. The molecule has 2 amide bonds. The summed E-state index contributed by atoms with van der Waals surface area (Å²) in [6.07, 6.45) is 0.0476. The van der Waals surface area contributed by atoms with E-state index < -0.39 is 6.10 Å². The van der Waals surface area contributed by atoms with Crippen molar-refractivity contribution in [1.29, 1.82) is 0 Å². The number of fused-ring (bicyclic) bond motifs is 1. The zero-order valence-electron chi connectivity index (χ0n) is 13.2. The normalized spacial score (nSPS) is 19.9. The van der Waals surface area contributed by atoms with Crippen molar-refractivity contribution in [2.45, 2.75) is 12.5 Å². The molecule has 2 heterocycles. The maximum atomic E-state index is 11.9. The number of anilines is 1. The number of para-hydroxylation sites is 2. The Bertz CT molecular complexity index is 592. The quantitative estimate of drug-likeness (QED) is 0.871. The summed E-state index contributed by atoms with van der Waals surface area (Å²) in [6.45, 7) is 3.03. The third kappa shape index (κ3) is 3.33. The van der Waals surface area contributed by atoms with E-state index in [1.807, 2.05) is 24.3 Å². The first-order valence-electron chi connectivity index (χ1n) is 7.83. The fourth-order valence-corrected chi connectivity index (χ4v) is 2.90. The van der Waals surface area contributed by atoms with E-state index in [1.54, 1.807) is 11.9 Å². The van der Waals surface area contributed by atoms with Gasteiger partial charge < -0.3 is 24.6 Å². The van der Waals surface area contributed by atoms with E-state index in [4.69, 9.17) is 9.47 Å². The second-order valence-corrected chi connectivity index (χ2v) is 5.59. The largest absolute Gasteiger partial charge is 0.477 e. The summed E-state index contributed by atoms with van der Waals surface area (Å²) in [6, 6.07) is 7.70. The molecule has 7 nitrogen and oxygen atoms in total. The number of benzene rings is 1. The summed E-state index contributed by atoms with van der Waals surface area (Å²) >= 11 is 0. The van der Waals surface area contributed by atoms with Crippen molar-refractivity contribution in [3.8, 4) is 5.75 Å². The van der Waals surface area contributed by atoms with Gasteiger partial charge in [0.05, 0.1) is 18.8 Å². The molecule has 124 valence electrons. The van der Waals surface area contributed by atoms with E-state index in [0.717, 1.165) is 18.7 Å². The summed E-state index contributed by atoms with van der Waals surface area (Å²) in [5, 5.41) is 2.63. The minimum absolute atomic E-state index is 0.132. The maximum Gasteiger partial charge on any atom is 0.409 e. The molecule has 0 spiro atoms. The molecule has 2 aliphatic heterocycles. The van der Waals surface area contributed by atoms with Crippen LogP contribution in [0.2, 0.25) is 0 Å². The Labute approximate surface area is 135 Å². The van der Waals surface area contributed by atoms with Crippen LogP contribution in [0.1, 0.15) is 6.42 Å². The lowest BCUT2D eigenvalue weighted by atomic mass is 10.1. The van der Waals surface area contributed by atoms with Gasteiger partial charge >= 0.3 is 6.09 Å². The molecule has 0 aromatic heterocycles. The number of cyclic esters (lactones) is 1. The number of rotatable bonds is 5. The Morgan fingerprint density at radius 2 is 2.09 bits per heavy atom. The van der Waals surface area contributed by atoms with Crippen LogP contribution in [0.3, 0.4) is 0 Å². The smallest absolute Gasteiger partial charge is 0.409 e. The van der Waals surface area contributed by atoms with Gasteiger partial charge in [-0.3, -0.25) is 4.79 Å². The Kier molecular flexibility index (Phi) is 4.55. The van der Waals surface area contributed by atoms with E-state index in [-0.39, 0.29) is 12.0 Å². The first-order chi connectivity index (χ1) is 11.2. The molecule has 1 aromatic carbocycles. The number of nitrogens with one attached hydrogen (secondary N) is 1. The lowest BCUT2D eigenvalue weighted by Crippen LogP contribution is -2.48. The highest BCUT2D eigenvalue weighted by Crippen LogP contribution is 2.33. The van der Waals surface area contributed by atoms with E-state index in [2.05, 4.69) is 10.2 Å². The Morgan fingerprint density at radius 3 is 2.83 bits per heavy atom. The standard InChI is InChI=1S/C16H21N3O4/c1-17-15(20)14-11-19(12-5-2-3-6-13(12)23-14)8-4-7-18-9-10-22-16(18)21/h2-3,5-6,14H,4,7-11H2,1H3,(H,17,20)/t14-/m1/s1. The Balaban J connectivity index is 1.64. The summed E-state index contributed by atoms with van der Waals surface area (Å²) in [4.78, 5) is 27.2. The molecule has 0 bridgehead atoms. The minimum atomic E-state index is -0.522. The highest BCUT2D eigenvalue weighted by atomic mass is 16.6. The van der Waals surface area contributed by atoms with Gasteiger partial charge in [-0.1, -0.05) is 12.1 Å². The average Bonchev–Trinajstić information content (AvgIpc) is 2.99. The molecule has 0 saturated carbocycles. The predicted octanol–water partition coefficient (Wildman–Crippen LogP) is 0.842. The molecule has 1 saturated heterocycles. The molecule has 1 N–H and O–H groups in total. The Morgan fingerprint density at radius 1 is 1.30 bits per heavy atom. The molecule has 7 heteroatoms. The van der Waals surface area contributed by atoms with Crippen molar-refractivity contribution in [3.05, 3.63) is 24.3 Å². The van der Waals surface area contributed by atoms with Crippen LogP contribution >= 0.6 is 0 Å². The number of hydrogen-bond donors (Lipinski definition) is 1. The lowest BCUT2D eigenvalue weighted by Gasteiger charge is -2.35. The third-order valence-corrected chi connectivity index (χ3v) is 4.10. The molecule has 0 radical (unpaired) electrons. The second-order valence-electron chi connectivity index (χ2n) is 5.59. The number of nitrogens with zero attached hydrogens (tertiary/aromatic N) is 2. The van der Waals surface area contributed by atoms with Gasteiger partial charge in [-0.2, -0.15) is 0 Å². The zero-order valence-corrected chi connectivity index (χ0v) is 13.2. The first kappa shape index (κ1) is 15.5. The second kappa shape index (κ2) is 6.76. The van der Waals surface area contributed by atoms with Crippen LogP contribution in [0.15, 0.2) is 24.3 Å². The molecule has 0 aliphatic carbocycles. The number of amides is 2. The zero-order chi connectivity index (χ0) is 16.2. The lowest BCUT2D eigenvalue weighted by molar-refractivity contribution is -0.127. The highest BCUT2D eigenvalue weighted by Gasteiger charge is 2.30. The molecule has 2 aliphatic rings. The highest BCUT2D eigenvalue weighted by molar-refractivity contribution is 5.83. The van der Waals surface area contributed by atoms with Gasteiger partial charge in [-0.15, -0.1) is 0 Å². The number of carbonyl (C=O) groups is 2. The molecule has 23 heavy (non-hydrogen) atoms. The maximum absolute atomic E-state index is 11.9. The van der Waals surface area contributed by atoms with Gasteiger partial charge in [0.1, 0.15) is 12.4 Å². The van der Waals surface area contributed by atoms with E-state index in [0.29, 0.717) is 32.0 Å². The van der Waals surface area contributed by atoms with Crippen molar-refractivity contribution in [1.82, 2.24) is 10.2 Å². The molecular formula is C16H21N3O4. The van der Waals surface area contributed by atoms with Crippen LogP contribution in [0.25, 0.3) is 0 Å². The van der Waals surface area contributed by atoms with Crippen LogP contribution in [-0.4, -0.2) is 62.8 Å². The third-order valence-electron chi connectivity index (χ3n) is 4.10. The molecular weight excluding hydrogens is 298 g/mol. The van der Waals surface area contributed by atoms with Crippen molar-refractivity contribution in [2.75, 3.05) is 44.7 Å². The number of carbonyl (C=O) groups excluding carboxylic acids is 2. The van der Waals surface area contributed by atoms with Crippen molar-refractivity contribution >= 4 is 17.7 Å². The van der Waals surface area contributed by atoms with Gasteiger partial charge in [-0.05, 0) is 18.6 Å². The Hall–Kier alpha value is -2.44. The van der Waals surface area contributed by atoms with Gasteiger partial charge in [0.2, 0.25) is 0 Å². The van der Waals surface area contributed by atoms with Gasteiger partial charge in [0, 0.05) is 20.1 Å². The topological polar surface area (TPSA) is 71.1 Å². The summed E-state index contributed by atoms with van der Waals surface area (Å²) < 4.78 is 10.7. The SMILES string of the molecule is CNC(=O)[C@H]1CN(CCCN2CCOC2=O)c2ccccc2O1. The summed E-state index contributed by atoms with van der Waals surface area (Å²) in [5.74, 6) is 0.584. The van der Waals surface area contributed by atoms with Crippen molar-refractivity contribution < 1.29 is 19.1 Å². The molecule has 0 unspecified atom stereocenters. The fraction of sp³-hybridized carbons (Fsp3) is 0.500. The van der Waals surface area contributed by atoms with E-state index >= 15 is 0 Å². The van der Waals surface area contributed by atoms with E-state index in [9.17, 15) is 9.59 Å². The van der Waals surface area contributed by atoms with Gasteiger partial charge in [0.15, 0.2) is 6.10 Å². The molecule has 1 fully saturated rings. The minimum Gasteiger partial charge on any atom is -0.477 e. The van der Waals surface area contributed by atoms with Crippen molar-refractivity contribution in [2.24, 2.45) is 0 Å². The number of hydrogen-bond acceptors (Lipinski definition) is 5. The van der Waals surface area contributed by atoms with Crippen LogP contribution in [-0.2, 0) is 9.53 Å². The van der Waals surface area contributed by atoms with Crippen LogP contribution in [0.4, 0.5) is 10.5 Å². The fourth-order valence-electron chi connectivity index (χ4n) is 2.90. The molecule has 1 atom stereocenters. The van der Waals surface area contributed by atoms with E-state index in [1.165, 1.54) is 0 Å². The summed E-state index contributed by atoms with van der Waals surface area (Å²) in [7, 11) is 1.61. The van der Waals surface area contributed by atoms with Crippen LogP contribution in [0, 0.1) is 0 Å². The first-order valence-corrected chi connectivity index (χ1v) is 7.83. The number of ether oxygens (including phenoxy) is 2. The monoisotopic (exact) mass is 319 g/mol. The van der Waals surface area contributed by atoms with Crippen molar-refractivity contribution in [3.63, 3.8) is 0 Å². The average molecular weight is 319 g/mol. The predicted molar refractivity (Wildman–Crippen MR) is 84.7 cm³/mol. The summed E-state index contributed by atoms with van der Waals surface area (Å²) in [5.41, 5.74) is 0.983. The molecule has 3 rings (SSSR count). The van der Waals surface area contributed by atoms with Crippen LogP contribution in [0.5, 0.6) is 5.75 Å². The van der Waals surface area contributed by atoms with Crippen LogP contribution < -0.4 is 15.0 Å².